The van der Waals surface area contributed by atoms with Gasteiger partial charge in [-0.3, -0.25) is 0 Å². The van der Waals surface area contributed by atoms with Crippen molar-refractivity contribution in [3.05, 3.63) is 0 Å². The third-order valence-electron chi connectivity index (χ3n) is 2.32. The Morgan fingerprint density at radius 3 is 3.36 bits per heavy atom. The normalized spacial score (nSPS) is 37.7. The number of likely N-dealkylation sites (tertiary alicyclic amines) is 1. The number of nitrogens with zero attached hydrogens (tertiary/aromatic N) is 1. The number of hydrogen-bond donors (Lipinski definition) is 1. The van der Waals surface area contributed by atoms with Crippen LogP contribution in [0.3, 0.4) is 0 Å². The van der Waals surface area contributed by atoms with Crippen molar-refractivity contribution in [1.29, 1.82) is 0 Å². The molecule has 2 unspecified atom stereocenters. The van der Waals surface area contributed by atoms with Gasteiger partial charge in [0.05, 0.1) is 6.04 Å². The third kappa shape index (κ3) is 1.18. The SMILES string of the molecule is CN1CCC2NC(=O)OC2C1. The van der Waals surface area contributed by atoms with Gasteiger partial charge in [-0.2, -0.15) is 0 Å². The molecule has 0 aromatic carbocycles. The van der Waals surface area contributed by atoms with Crippen LogP contribution in [-0.2, 0) is 4.74 Å². The fraction of sp³-hybridized carbons (Fsp3) is 0.857. The van der Waals surface area contributed by atoms with Gasteiger partial charge in [-0.15, -0.1) is 0 Å². The van der Waals surface area contributed by atoms with Crippen LogP contribution in [0.4, 0.5) is 4.79 Å². The van der Waals surface area contributed by atoms with Crippen LogP contribution in [0.1, 0.15) is 6.42 Å². The maximum absolute atomic E-state index is 10.8. The summed E-state index contributed by atoms with van der Waals surface area (Å²) in [6.45, 7) is 1.91. The molecule has 11 heavy (non-hydrogen) atoms. The smallest absolute Gasteiger partial charge is 0.407 e. The summed E-state index contributed by atoms with van der Waals surface area (Å²) in [4.78, 5) is 12.9. The largest absolute Gasteiger partial charge is 0.443 e. The Hall–Kier alpha value is -0.770. The van der Waals surface area contributed by atoms with Crippen LogP contribution < -0.4 is 5.32 Å². The Morgan fingerprint density at radius 1 is 1.73 bits per heavy atom. The number of piperidine rings is 1. The minimum atomic E-state index is -0.254. The van der Waals surface area contributed by atoms with Gasteiger partial charge >= 0.3 is 6.09 Å². The first-order valence-corrected chi connectivity index (χ1v) is 3.91. The molecule has 1 N–H and O–H groups in total. The van der Waals surface area contributed by atoms with Crippen molar-refractivity contribution in [3.63, 3.8) is 0 Å². The summed E-state index contributed by atoms with van der Waals surface area (Å²) >= 11 is 0. The number of nitrogens with one attached hydrogen (secondary N) is 1. The van der Waals surface area contributed by atoms with Crippen LogP contribution in [0.5, 0.6) is 0 Å². The van der Waals surface area contributed by atoms with Crippen molar-refractivity contribution in [3.8, 4) is 0 Å². The van der Waals surface area contributed by atoms with E-state index in [1.165, 1.54) is 0 Å². The molecule has 1 amide bonds. The maximum Gasteiger partial charge on any atom is 0.407 e. The molecular formula is C7H12N2O2. The lowest BCUT2D eigenvalue weighted by Gasteiger charge is -2.29. The number of carbonyl (C=O) groups excluding carboxylic acids is 1. The third-order valence-corrected chi connectivity index (χ3v) is 2.32. The van der Waals surface area contributed by atoms with Gasteiger partial charge in [0.25, 0.3) is 0 Å². The molecule has 0 spiro atoms. The predicted molar refractivity (Wildman–Crippen MR) is 39.3 cm³/mol. The number of rotatable bonds is 0. The fourth-order valence-corrected chi connectivity index (χ4v) is 1.68. The summed E-state index contributed by atoms with van der Waals surface area (Å²) in [5.41, 5.74) is 0. The highest BCUT2D eigenvalue weighted by atomic mass is 16.6. The molecule has 4 nitrogen and oxygen atoms in total. The number of likely N-dealkylation sites (N-methyl/N-ethyl adjacent to an activating group) is 1. The van der Waals surface area contributed by atoms with Crippen LogP contribution in [0.2, 0.25) is 0 Å². The molecular weight excluding hydrogens is 144 g/mol. The summed E-state index contributed by atoms with van der Waals surface area (Å²) in [5.74, 6) is 0. The molecule has 0 aromatic rings. The summed E-state index contributed by atoms with van der Waals surface area (Å²) in [7, 11) is 2.04. The van der Waals surface area contributed by atoms with E-state index in [9.17, 15) is 4.79 Å². The van der Waals surface area contributed by atoms with E-state index in [4.69, 9.17) is 4.74 Å². The Balaban J connectivity index is 2.02. The van der Waals surface area contributed by atoms with E-state index in [1.807, 2.05) is 7.05 Å². The van der Waals surface area contributed by atoms with Crippen LogP contribution in [0.25, 0.3) is 0 Å². The first kappa shape index (κ1) is 6.91. The first-order chi connectivity index (χ1) is 5.25. The highest BCUT2D eigenvalue weighted by Crippen LogP contribution is 2.17. The Bertz CT molecular complexity index is 183. The van der Waals surface area contributed by atoms with E-state index < -0.39 is 0 Å². The topological polar surface area (TPSA) is 41.6 Å². The standard InChI is InChI=1S/C7H12N2O2/c1-9-3-2-5-6(4-9)11-7(10)8-5/h5-6H,2-4H2,1H3,(H,8,10). The highest BCUT2D eigenvalue weighted by molar-refractivity contribution is 5.70. The zero-order valence-corrected chi connectivity index (χ0v) is 6.54. The average molecular weight is 156 g/mol. The molecule has 0 aliphatic carbocycles. The second-order valence-electron chi connectivity index (χ2n) is 3.25. The lowest BCUT2D eigenvalue weighted by molar-refractivity contribution is 0.0816. The van der Waals surface area contributed by atoms with Gasteiger partial charge in [0.2, 0.25) is 0 Å². The van der Waals surface area contributed by atoms with Gasteiger partial charge in [-0.05, 0) is 13.5 Å². The van der Waals surface area contributed by atoms with Crippen LogP contribution in [0.15, 0.2) is 0 Å². The molecule has 2 aliphatic rings. The molecule has 0 bridgehead atoms. The number of amides is 1. The summed E-state index contributed by atoms with van der Waals surface area (Å²) < 4.78 is 5.04. The van der Waals surface area contributed by atoms with E-state index in [1.54, 1.807) is 0 Å². The molecule has 2 heterocycles. The molecule has 4 heteroatoms. The van der Waals surface area contributed by atoms with Gasteiger partial charge in [0.15, 0.2) is 0 Å². The zero-order valence-electron chi connectivity index (χ0n) is 6.54. The minimum Gasteiger partial charge on any atom is -0.443 e. The Morgan fingerprint density at radius 2 is 2.55 bits per heavy atom. The number of alkyl carbamates (subject to hydrolysis) is 1. The van der Waals surface area contributed by atoms with Crippen molar-refractivity contribution in [2.45, 2.75) is 18.6 Å². The molecule has 2 atom stereocenters. The monoisotopic (exact) mass is 156 g/mol. The van der Waals surface area contributed by atoms with Gasteiger partial charge < -0.3 is 15.0 Å². The average Bonchev–Trinajstić information content (AvgIpc) is 2.27. The summed E-state index contributed by atoms with van der Waals surface area (Å²) in [5, 5.41) is 2.79. The van der Waals surface area contributed by atoms with E-state index in [0.29, 0.717) is 0 Å². The van der Waals surface area contributed by atoms with Crippen LogP contribution in [-0.4, -0.2) is 43.3 Å². The predicted octanol–water partition coefficient (Wildman–Crippen LogP) is -0.201. The summed E-state index contributed by atoms with van der Waals surface area (Å²) in [6, 6.07) is 0.263. The number of ether oxygens (including phenoxy) is 1. The van der Waals surface area contributed by atoms with Crippen LogP contribution >= 0.6 is 0 Å². The van der Waals surface area contributed by atoms with Gasteiger partial charge in [0, 0.05) is 13.1 Å². The number of fused-ring (bicyclic) bond motifs is 1. The van der Waals surface area contributed by atoms with Gasteiger partial charge in [-0.25, -0.2) is 4.79 Å². The fourth-order valence-electron chi connectivity index (χ4n) is 1.68. The second-order valence-corrected chi connectivity index (χ2v) is 3.25. The van der Waals surface area contributed by atoms with Crippen molar-refractivity contribution in [2.24, 2.45) is 0 Å². The molecule has 62 valence electrons. The van der Waals surface area contributed by atoms with Gasteiger partial charge in [-0.1, -0.05) is 0 Å². The van der Waals surface area contributed by atoms with Gasteiger partial charge in [0.1, 0.15) is 6.10 Å². The molecule has 0 aromatic heterocycles. The number of hydrogen-bond acceptors (Lipinski definition) is 3. The van der Waals surface area contributed by atoms with E-state index in [2.05, 4.69) is 10.2 Å². The molecule has 2 aliphatic heterocycles. The first-order valence-electron chi connectivity index (χ1n) is 3.91. The van der Waals surface area contributed by atoms with Crippen molar-refractivity contribution < 1.29 is 9.53 Å². The second kappa shape index (κ2) is 2.37. The Labute approximate surface area is 65.5 Å². The van der Waals surface area contributed by atoms with Crippen LogP contribution in [0, 0.1) is 0 Å². The molecule has 2 rings (SSSR count). The maximum atomic E-state index is 10.8. The lowest BCUT2D eigenvalue weighted by atomic mass is 10.0. The van der Waals surface area contributed by atoms with E-state index in [-0.39, 0.29) is 18.2 Å². The summed E-state index contributed by atoms with van der Waals surface area (Å²) in [6.07, 6.45) is 0.837. The molecule has 0 saturated carbocycles. The molecule has 0 radical (unpaired) electrons. The lowest BCUT2D eigenvalue weighted by Crippen LogP contribution is -2.46. The van der Waals surface area contributed by atoms with Crippen molar-refractivity contribution >= 4 is 6.09 Å². The quantitative estimate of drug-likeness (QED) is 0.528. The Kier molecular flexibility index (Phi) is 1.49. The molecule has 2 saturated heterocycles. The van der Waals surface area contributed by atoms with E-state index >= 15 is 0 Å². The van der Waals surface area contributed by atoms with Crippen molar-refractivity contribution in [2.75, 3.05) is 20.1 Å². The zero-order chi connectivity index (χ0) is 7.84. The van der Waals surface area contributed by atoms with Crippen molar-refractivity contribution in [1.82, 2.24) is 10.2 Å². The van der Waals surface area contributed by atoms with E-state index in [0.717, 1.165) is 19.5 Å². The molecule has 2 fully saturated rings. The minimum absolute atomic E-state index is 0.0845. The number of carbonyl (C=O) groups is 1. The highest BCUT2D eigenvalue weighted by Gasteiger charge is 2.37.